The largest absolute Gasteiger partial charge is 0.368 e. The number of rotatable bonds is 3. The summed E-state index contributed by atoms with van der Waals surface area (Å²) in [4.78, 5) is 23.7. The number of fused-ring (bicyclic) bond motifs is 1. The molecule has 0 saturated carbocycles. The maximum Gasteiger partial charge on any atom is 0.283 e. The molecule has 4 aromatic rings. The van der Waals surface area contributed by atoms with Crippen molar-refractivity contribution in [3.05, 3.63) is 76.1 Å². The third-order valence-electron chi connectivity index (χ3n) is 5.65. The van der Waals surface area contributed by atoms with E-state index in [1.54, 1.807) is 12.3 Å². The molecule has 4 heterocycles. The molecule has 2 N–H and O–H groups in total. The number of nitriles is 2. The zero-order valence-corrected chi connectivity index (χ0v) is 17.0. The molecule has 0 aliphatic carbocycles. The van der Waals surface area contributed by atoms with E-state index in [-0.39, 0.29) is 34.5 Å². The molecule has 2 atom stereocenters. The SMILES string of the molecule is C[C@H]1CN(c2nc(N)ncc2C#N)[C@@H]1c1nn2ccc(C#N)c2c(=O)n1-c1ccccc1. The lowest BCUT2D eigenvalue weighted by Crippen LogP contribution is -2.51. The van der Waals surface area contributed by atoms with Crippen LogP contribution in [0.5, 0.6) is 0 Å². The Labute approximate surface area is 182 Å². The minimum Gasteiger partial charge on any atom is -0.368 e. The van der Waals surface area contributed by atoms with Crippen LogP contribution in [0, 0.1) is 28.6 Å². The molecule has 5 rings (SSSR count). The van der Waals surface area contributed by atoms with Gasteiger partial charge in [-0.3, -0.25) is 9.36 Å². The summed E-state index contributed by atoms with van der Waals surface area (Å²) in [6, 6.07) is 14.5. The first-order valence-electron chi connectivity index (χ1n) is 9.92. The Morgan fingerprint density at radius 1 is 1.12 bits per heavy atom. The third kappa shape index (κ3) is 2.78. The third-order valence-corrected chi connectivity index (χ3v) is 5.65. The summed E-state index contributed by atoms with van der Waals surface area (Å²) in [5.41, 5.74) is 6.84. The van der Waals surface area contributed by atoms with Crippen LogP contribution < -0.4 is 16.2 Å². The van der Waals surface area contributed by atoms with Crippen molar-refractivity contribution in [1.82, 2.24) is 24.1 Å². The fourth-order valence-corrected chi connectivity index (χ4v) is 4.18. The standard InChI is InChI=1S/C22H17N9O/c1-13-12-29(19-15(10-24)11-26-22(25)27-19)17(13)20-28-30-8-7-14(9-23)18(30)21(32)31(20)16-5-3-2-4-6-16/h2-8,11,13,17H,12H2,1H3,(H2,25,26,27)/t13-,17-/m0/s1. The summed E-state index contributed by atoms with van der Waals surface area (Å²) in [6.45, 7) is 2.65. The fourth-order valence-electron chi connectivity index (χ4n) is 4.18. The predicted octanol–water partition coefficient (Wildman–Crippen LogP) is 1.80. The van der Waals surface area contributed by atoms with Gasteiger partial charge in [0.05, 0.1) is 23.5 Å². The number of hydrogen-bond donors (Lipinski definition) is 1. The molecule has 0 amide bonds. The first-order valence-corrected chi connectivity index (χ1v) is 9.92. The highest BCUT2D eigenvalue weighted by Gasteiger charge is 2.42. The molecule has 0 unspecified atom stereocenters. The van der Waals surface area contributed by atoms with Gasteiger partial charge in [-0.1, -0.05) is 25.1 Å². The molecule has 1 aliphatic rings. The van der Waals surface area contributed by atoms with Crippen molar-refractivity contribution in [1.29, 1.82) is 10.5 Å². The van der Waals surface area contributed by atoms with Gasteiger partial charge in [0.15, 0.2) is 11.6 Å². The van der Waals surface area contributed by atoms with Crippen LogP contribution in [0.25, 0.3) is 11.2 Å². The van der Waals surface area contributed by atoms with Crippen molar-refractivity contribution in [2.24, 2.45) is 5.92 Å². The van der Waals surface area contributed by atoms with E-state index < -0.39 is 0 Å². The zero-order valence-electron chi connectivity index (χ0n) is 17.0. The van der Waals surface area contributed by atoms with Gasteiger partial charge < -0.3 is 10.6 Å². The second kappa shape index (κ2) is 7.22. The van der Waals surface area contributed by atoms with Crippen molar-refractivity contribution < 1.29 is 0 Å². The van der Waals surface area contributed by atoms with Crippen LogP contribution in [0.2, 0.25) is 0 Å². The van der Waals surface area contributed by atoms with E-state index in [2.05, 4.69) is 22.1 Å². The van der Waals surface area contributed by atoms with Crippen LogP contribution in [0.3, 0.4) is 0 Å². The minimum absolute atomic E-state index is 0.0604. The Morgan fingerprint density at radius 2 is 1.88 bits per heavy atom. The molecule has 1 aromatic carbocycles. The normalized spacial score (nSPS) is 17.5. The summed E-state index contributed by atoms with van der Waals surface area (Å²) in [5, 5.41) is 23.7. The number of nitrogens with zero attached hydrogens (tertiary/aromatic N) is 8. The lowest BCUT2D eigenvalue weighted by molar-refractivity contribution is 0.300. The van der Waals surface area contributed by atoms with Crippen LogP contribution >= 0.6 is 0 Å². The van der Waals surface area contributed by atoms with Gasteiger partial charge >= 0.3 is 0 Å². The van der Waals surface area contributed by atoms with E-state index in [4.69, 9.17) is 10.8 Å². The molecule has 1 aliphatic heterocycles. The van der Waals surface area contributed by atoms with Gasteiger partial charge in [0.1, 0.15) is 23.2 Å². The van der Waals surface area contributed by atoms with Crippen LogP contribution in [-0.4, -0.2) is 30.7 Å². The lowest BCUT2D eigenvalue weighted by Gasteiger charge is -2.47. The van der Waals surface area contributed by atoms with Gasteiger partial charge in [-0.2, -0.15) is 20.6 Å². The highest BCUT2D eigenvalue weighted by atomic mass is 16.1. The van der Waals surface area contributed by atoms with E-state index in [0.29, 0.717) is 29.4 Å². The number of benzene rings is 1. The van der Waals surface area contributed by atoms with Crippen molar-refractivity contribution in [2.75, 3.05) is 17.2 Å². The zero-order chi connectivity index (χ0) is 22.4. The number of nitrogens with two attached hydrogens (primary N) is 1. The van der Waals surface area contributed by atoms with E-state index in [1.807, 2.05) is 42.2 Å². The molecule has 156 valence electrons. The predicted molar refractivity (Wildman–Crippen MR) is 116 cm³/mol. The Morgan fingerprint density at radius 3 is 2.56 bits per heavy atom. The van der Waals surface area contributed by atoms with Gasteiger partial charge in [-0.25, -0.2) is 9.50 Å². The van der Waals surface area contributed by atoms with Gasteiger partial charge in [0.2, 0.25) is 5.95 Å². The number of nitrogen functional groups attached to an aromatic ring is 1. The van der Waals surface area contributed by atoms with Crippen molar-refractivity contribution in [3.63, 3.8) is 0 Å². The molecule has 0 radical (unpaired) electrons. The quantitative estimate of drug-likeness (QED) is 0.526. The summed E-state index contributed by atoms with van der Waals surface area (Å²) < 4.78 is 2.97. The van der Waals surface area contributed by atoms with Gasteiger partial charge in [0.25, 0.3) is 5.56 Å². The molecule has 32 heavy (non-hydrogen) atoms. The van der Waals surface area contributed by atoms with Crippen LogP contribution in [0.1, 0.15) is 29.9 Å². The van der Waals surface area contributed by atoms with Crippen LogP contribution in [0.4, 0.5) is 11.8 Å². The van der Waals surface area contributed by atoms with E-state index >= 15 is 0 Å². The maximum absolute atomic E-state index is 13.6. The van der Waals surface area contributed by atoms with E-state index in [9.17, 15) is 15.3 Å². The second-order valence-electron chi connectivity index (χ2n) is 7.62. The molecule has 3 aromatic heterocycles. The van der Waals surface area contributed by atoms with Gasteiger partial charge in [-0.15, -0.1) is 0 Å². The molecule has 1 saturated heterocycles. The van der Waals surface area contributed by atoms with Crippen molar-refractivity contribution in [2.45, 2.75) is 13.0 Å². The van der Waals surface area contributed by atoms with Crippen molar-refractivity contribution >= 4 is 17.3 Å². The monoisotopic (exact) mass is 423 g/mol. The summed E-state index contributed by atoms with van der Waals surface area (Å²) in [6.07, 6.45) is 2.99. The summed E-state index contributed by atoms with van der Waals surface area (Å²) in [7, 11) is 0. The minimum atomic E-state index is -0.346. The Bertz CT molecular complexity index is 1490. The summed E-state index contributed by atoms with van der Waals surface area (Å²) in [5.74, 6) is 1.06. The highest BCUT2D eigenvalue weighted by molar-refractivity contribution is 5.62. The number of hydrogen-bond acceptors (Lipinski definition) is 8. The van der Waals surface area contributed by atoms with E-state index in [0.717, 1.165) is 0 Å². The number of aromatic nitrogens is 5. The molecular formula is C22H17N9O. The Balaban J connectivity index is 1.77. The molecule has 10 heteroatoms. The fraction of sp³-hybridized carbons (Fsp3) is 0.182. The van der Waals surface area contributed by atoms with Gasteiger partial charge in [0, 0.05) is 18.7 Å². The second-order valence-corrected chi connectivity index (χ2v) is 7.62. The van der Waals surface area contributed by atoms with Crippen molar-refractivity contribution in [3.8, 4) is 17.8 Å². The number of anilines is 2. The molecule has 1 fully saturated rings. The highest BCUT2D eigenvalue weighted by Crippen LogP contribution is 2.42. The smallest absolute Gasteiger partial charge is 0.283 e. The lowest BCUT2D eigenvalue weighted by atomic mass is 9.89. The van der Waals surface area contributed by atoms with Gasteiger partial charge in [-0.05, 0) is 18.2 Å². The topological polar surface area (TPSA) is 142 Å². The number of para-hydroxylation sites is 1. The Hall–Kier alpha value is -4.70. The molecule has 10 nitrogen and oxygen atoms in total. The van der Waals surface area contributed by atoms with Crippen LogP contribution in [0.15, 0.2) is 53.6 Å². The first kappa shape index (κ1) is 19.3. The average molecular weight is 423 g/mol. The summed E-state index contributed by atoms with van der Waals surface area (Å²) >= 11 is 0. The van der Waals surface area contributed by atoms with Crippen LogP contribution in [-0.2, 0) is 0 Å². The maximum atomic E-state index is 13.6. The first-order chi connectivity index (χ1) is 15.5. The van der Waals surface area contributed by atoms with E-state index in [1.165, 1.54) is 15.3 Å². The Kier molecular flexibility index (Phi) is 4.35. The molecule has 0 spiro atoms. The average Bonchev–Trinajstić information content (AvgIpc) is 3.21. The molecular weight excluding hydrogens is 406 g/mol. The molecule has 0 bridgehead atoms.